The predicted molar refractivity (Wildman–Crippen MR) is 97.5 cm³/mol. The molecule has 1 amide bonds. The van der Waals surface area contributed by atoms with Gasteiger partial charge < -0.3 is 14.4 Å². The van der Waals surface area contributed by atoms with Crippen LogP contribution in [0.15, 0.2) is 23.7 Å². The van der Waals surface area contributed by atoms with Crippen LogP contribution in [-0.2, 0) is 11.3 Å². The predicted octanol–water partition coefficient (Wildman–Crippen LogP) is 1.58. The van der Waals surface area contributed by atoms with Crippen LogP contribution in [0.4, 0.5) is 0 Å². The van der Waals surface area contributed by atoms with E-state index in [0.29, 0.717) is 31.1 Å². The number of rotatable bonds is 4. The summed E-state index contributed by atoms with van der Waals surface area (Å²) in [6.07, 6.45) is 1.62. The molecule has 2 saturated heterocycles. The molecule has 0 aliphatic carbocycles. The molecule has 26 heavy (non-hydrogen) atoms. The number of carbonyl (C=O) groups excluding carboxylic acids is 1. The molecule has 4 rings (SSSR count). The first kappa shape index (κ1) is 17.4. The Kier molecular flexibility index (Phi) is 4.88. The van der Waals surface area contributed by atoms with Crippen LogP contribution in [0.25, 0.3) is 0 Å². The molecule has 2 fully saturated rings. The molecule has 2 aromatic rings. The number of pyridine rings is 1. The summed E-state index contributed by atoms with van der Waals surface area (Å²) < 4.78 is 11.0. The van der Waals surface area contributed by atoms with E-state index in [9.17, 15) is 4.79 Å². The van der Waals surface area contributed by atoms with Gasteiger partial charge in [-0.2, -0.15) is 0 Å². The number of likely N-dealkylation sites (tertiary alicyclic amines) is 1. The van der Waals surface area contributed by atoms with Crippen LogP contribution in [0.5, 0.6) is 5.88 Å². The summed E-state index contributed by atoms with van der Waals surface area (Å²) >= 11 is 1.67. The summed E-state index contributed by atoms with van der Waals surface area (Å²) in [5, 5.41) is 3.20. The highest BCUT2D eigenvalue weighted by molar-refractivity contribution is 7.09. The van der Waals surface area contributed by atoms with Gasteiger partial charge in [0.25, 0.3) is 5.91 Å². The molecule has 7 nitrogen and oxygen atoms in total. The largest absolute Gasteiger partial charge is 0.481 e. The zero-order chi connectivity index (χ0) is 18.1. The minimum absolute atomic E-state index is 0.0115. The Morgan fingerprint density at radius 1 is 1.42 bits per heavy atom. The molecule has 2 atom stereocenters. The highest BCUT2D eigenvalue weighted by Gasteiger charge is 2.42. The molecule has 138 valence electrons. The standard InChI is InChI=1S/C18H22N4O3S/c1-12-20-14(11-26-12)8-21-5-6-25-16-10-22(9-15(16)21)18(23)13-3-4-17(24-2)19-7-13/h3-4,7,11,15-16H,5-6,8-10H2,1-2H3/t15-,16-/m0/s1. The van der Waals surface area contributed by atoms with E-state index in [-0.39, 0.29) is 18.1 Å². The maximum atomic E-state index is 12.8. The summed E-state index contributed by atoms with van der Waals surface area (Å²) in [4.78, 5) is 25.8. The van der Waals surface area contributed by atoms with Gasteiger partial charge in [0.2, 0.25) is 5.88 Å². The van der Waals surface area contributed by atoms with Gasteiger partial charge in [0.15, 0.2) is 0 Å². The van der Waals surface area contributed by atoms with Crippen molar-refractivity contribution in [3.63, 3.8) is 0 Å². The lowest BCUT2D eigenvalue weighted by Gasteiger charge is -2.36. The Morgan fingerprint density at radius 2 is 2.31 bits per heavy atom. The maximum absolute atomic E-state index is 12.8. The highest BCUT2D eigenvalue weighted by atomic mass is 32.1. The van der Waals surface area contributed by atoms with E-state index in [1.807, 2.05) is 11.8 Å². The van der Waals surface area contributed by atoms with Crippen LogP contribution < -0.4 is 4.74 Å². The van der Waals surface area contributed by atoms with Crippen LogP contribution in [0.3, 0.4) is 0 Å². The third kappa shape index (κ3) is 3.44. The summed E-state index contributed by atoms with van der Waals surface area (Å²) in [5.74, 6) is 0.493. The molecule has 0 bridgehead atoms. The van der Waals surface area contributed by atoms with Gasteiger partial charge in [0.05, 0.1) is 42.1 Å². The van der Waals surface area contributed by atoms with Crippen molar-refractivity contribution in [1.82, 2.24) is 19.8 Å². The molecular formula is C18H22N4O3S. The van der Waals surface area contributed by atoms with E-state index >= 15 is 0 Å². The monoisotopic (exact) mass is 374 g/mol. The average molecular weight is 374 g/mol. The average Bonchev–Trinajstić information content (AvgIpc) is 3.28. The van der Waals surface area contributed by atoms with Crippen molar-refractivity contribution in [1.29, 1.82) is 0 Å². The number of ether oxygens (including phenoxy) is 2. The van der Waals surface area contributed by atoms with Gasteiger partial charge in [-0.3, -0.25) is 9.69 Å². The molecule has 0 N–H and O–H groups in total. The summed E-state index contributed by atoms with van der Waals surface area (Å²) in [7, 11) is 1.56. The van der Waals surface area contributed by atoms with E-state index in [1.165, 1.54) is 0 Å². The fraction of sp³-hybridized carbons (Fsp3) is 0.500. The lowest BCUT2D eigenvalue weighted by molar-refractivity contribution is -0.0507. The first-order valence-corrected chi connectivity index (χ1v) is 9.58. The lowest BCUT2D eigenvalue weighted by atomic mass is 10.1. The molecule has 0 spiro atoms. The zero-order valence-corrected chi connectivity index (χ0v) is 15.7. The molecule has 0 saturated carbocycles. The Balaban J connectivity index is 1.45. The van der Waals surface area contributed by atoms with Crippen molar-refractivity contribution in [2.24, 2.45) is 0 Å². The van der Waals surface area contributed by atoms with E-state index < -0.39 is 0 Å². The summed E-state index contributed by atoms with van der Waals surface area (Å²) in [6, 6.07) is 3.68. The lowest BCUT2D eigenvalue weighted by Crippen LogP contribution is -2.50. The third-order valence-corrected chi connectivity index (χ3v) is 5.75. The normalized spacial score (nSPS) is 23.1. The quantitative estimate of drug-likeness (QED) is 0.809. The smallest absolute Gasteiger partial charge is 0.255 e. The number of nitrogens with zero attached hydrogens (tertiary/aromatic N) is 4. The van der Waals surface area contributed by atoms with Crippen LogP contribution in [0.2, 0.25) is 0 Å². The number of aryl methyl sites for hydroxylation is 1. The second kappa shape index (κ2) is 7.30. The molecule has 2 aliphatic heterocycles. The topological polar surface area (TPSA) is 67.8 Å². The molecule has 4 heterocycles. The van der Waals surface area contributed by atoms with Crippen molar-refractivity contribution in [3.05, 3.63) is 40.0 Å². The Bertz CT molecular complexity index is 779. The molecule has 2 aromatic heterocycles. The van der Waals surface area contributed by atoms with Crippen LogP contribution >= 0.6 is 11.3 Å². The van der Waals surface area contributed by atoms with Crippen molar-refractivity contribution in [2.75, 3.05) is 33.4 Å². The molecule has 0 unspecified atom stereocenters. The van der Waals surface area contributed by atoms with Gasteiger partial charge in [-0.1, -0.05) is 0 Å². The van der Waals surface area contributed by atoms with Crippen LogP contribution in [-0.4, -0.2) is 71.2 Å². The molecule has 8 heteroatoms. The number of hydrogen-bond acceptors (Lipinski definition) is 7. The number of carbonyl (C=O) groups is 1. The van der Waals surface area contributed by atoms with Crippen LogP contribution in [0, 0.1) is 6.92 Å². The maximum Gasteiger partial charge on any atom is 0.255 e. The minimum atomic E-state index is -0.0115. The summed E-state index contributed by atoms with van der Waals surface area (Å²) in [5.41, 5.74) is 1.67. The number of fused-ring (bicyclic) bond motifs is 1. The van der Waals surface area contributed by atoms with E-state index in [4.69, 9.17) is 9.47 Å². The number of thiazole rings is 1. The van der Waals surface area contributed by atoms with E-state index in [2.05, 4.69) is 20.2 Å². The molecule has 2 aliphatic rings. The number of hydrogen-bond donors (Lipinski definition) is 0. The summed E-state index contributed by atoms with van der Waals surface area (Å²) in [6.45, 7) is 5.66. The Labute approximate surface area is 156 Å². The second-order valence-corrected chi connectivity index (χ2v) is 7.67. The fourth-order valence-corrected chi connectivity index (χ4v) is 4.22. The molecular weight excluding hydrogens is 352 g/mol. The van der Waals surface area contributed by atoms with Gasteiger partial charge in [-0.25, -0.2) is 9.97 Å². The third-order valence-electron chi connectivity index (χ3n) is 4.93. The number of methoxy groups -OCH3 is 1. The number of amides is 1. The zero-order valence-electron chi connectivity index (χ0n) is 14.9. The first-order valence-electron chi connectivity index (χ1n) is 8.70. The Hall–Kier alpha value is -2.03. The first-order chi connectivity index (χ1) is 12.6. The van der Waals surface area contributed by atoms with Crippen molar-refractivity contribution >= 4 is 17.2 Å². The van der Waals surface area contributed by atoms with Gasteiger partial charge >= 0.3 is 0 Å². The number of aromatic nitrogens is 2. The van der Waals surface area contributed by atoms with E-state index in [0.717, 1.165) is 23.8 Å². The van der Waals surface area contributed by atoms with Crippen LogP contribution in [0.1, 0.15) is 21.1 Å². The molecule has 0 radical (unpaired) electrons. The highest BCUT2D eigenvalue weighted by Crippen LogP contribution is 2.26. The van der Waals surface area contributed by atoms with Gasteiger partial charge in [0.1, 0.15) is 0 Å². The fourth-order valence-electron chi connectivity index (χ4n) is 3.62. The number of morpholine rings is 1. The molecule has 0 aromatic carbocycles. The van der Waals surface area contributed by atoms with Crippen molar-refractivity contribution < 1.29 is 14.3 Å². The van der Waals surface area contributed by atoms with E-state index in [1.54, 1.807) is 36.8 Å². The van der Waals surface area contributed by atoms with Gasteiger partial charge in [-0.15, -0.1) is 11.3 Å². The minimum Gasteiger partial charge on any atom is -0.481 e. The SMILES string of the molecule is COc1ccc(C(=O)N2C[C@@H]3OCCN(Cc4csc(C)n4)[C@H]3C2)cn1. The van der Waals surface area contributed by atoms with Crippen molar-refractivity contribution in [2.45, 2.75) is 25.6 Å². The van der Waals surface area contributed by atoms with Gasteiger partial charge in [-0.05, 0) is 13.0 Å². The van der Waals surface area contributed by atoms with Gasteiger partial charge in [0, 0.05) is 43.8 Å². The Morgan fingerprint density at radius 3 is 3.00 bits per heavy atom. The second-order valence-electron chi connectivity index (χ2n) is 6.60. The van der Waals surface area contributed by atoms with Crippen molar-refractivity contribution in [3.8, 4) is 5.88 Å².